The van der Waals surface area contributed by atoms with Crippen molar-refractivity contribution in [3.8, 4) is 6.07 Å². The van der Waals surface area contributed by atoms with Crippen molar-refractivity contribution >= 4 is 28.4 Å². The number of fused-ring (bicyclic) bond motifs is 3. The lowest BCUT2D eigenvalue weighted by Gasteiger charge is -2.11. The smallest absolute Gasteiger partial charge is 0.273 e. The lowest BCUT2D eigenvalue weighted by molar-refractivity contribution is 0.0957. The van der Waals surface area contributed by atoms with Crippen molar-refractivity contribution in [1.29, 1.82) is 5.26 Å². The van der Waals surface area contributed by atoms with Crippen LogP contribution in [0, 0.1) is 11.3 Å². The fourth-order valence-corrected chi connectivity index (χ4v) is 3.51. The van der Waals surface area contributed by atoms with Gasteiger partial charge in [-0.3, -0.25) is 4.79 Å². The van der Waals surface area contributed by atoms with Crippen molar-refractivity contribution in [2.24, 2.45) is 5.73 Å². The number of nitrogens with two attached hydrogens (primary N) is 1. The van der Waals surface area contributed by atoms with Crippen molar-refractivity contribution in [2.75, 3.05) is 0 Å². The number of halogens is 1. The van der Waals surface area contributed by atoms with E-state index in [9.17, 15) is 10.1 Å². The molecule has 1 aromatic heterocycles. The zero-order valence-electron chi connectivity index (χ0n) is 13.8. The average Bonchev–Trinajstić information content (AvgIpc) is 2.87. The third kappa shape index (κ3) is 2.61. The van der Waals surface area contributed by atoms with Crippen LogP contribution >= 0.6 is 11.6 Å². The zero-order chi connectivity index (χ0) is 18.3. The van der Waals surface area contributed by atoms with E-state index in [1.54, 1.807) is 0 Å². The Kier molecular flexibility index (Phi) is 3.90. The van der Waals surface area contributed by atoms with E-state index in [-0.39, 0.29) is 11.7 Å². The number of carbonyl (C=O) groups is 1. The SMILES string of the molecule is N#CC1=C(N)NC(=O)c2c(c3ccccc3n2Cc2ccc(Cl)cc2)C1. The Morgan fingerprint density at radius 1 is 1.19 bits per heavy atom. The van der Waals surface area contributed by atoms with Gasteiger partial charge in [0.25, 0.3) is 5.91 Å². The van der Waals surface area contributed by atoms with Crippen LogP contribution in [0.1, 0.15) is 21.6 Å². The topological polar surface area (TPSA) is 83.8 Å². The molecule has 0 aliphatic carbocycles. The third-order valence-electron chi connectivity index (χ3n) is 4.61. The average molecular weight is 363 g/mol. The number of carbonyl (C=O) groups excluding carboxylic acids is 1. The van der Waals surface area contributed by atoms with Crippen LogP contribution in [-0.2, 0) is 13.0 Å². The van der Waals surface area contributed by atoms with Gasteiger partial charge in [-0.25, -0.2) is 0 Å². The first-order valence-corrected chi connectivity index (χ1v) is 8.51. The Morgan fingerprint density at radius 2 is 1.92 bits per heavy atom. The largest absolute Gasteiger partial charge is 0.384 e. The molecule has 0 spiro atoms. The standard InChI is InChI=1S/C20H15ClN4O/c21-14-7-5-12(6-8-14)11-25-17-4-2-1-3-15(17)16-9-13(10-22)19(23)24-20(26)18(16)25/h1-8H,9,11,23H2,(H,24,26). The van der Waals surface area contributed by atoms with Gasteiger partial charge >= 0.3 is 0 Å². The number of nitriles is 1. The van der Waals surface area contributed by atoms with E-state index in [2.05, 4.69) is 11.4 Å². The fourth-order valence-electron chi connectivity index (χ4n) is 3.38. The number of benzene rings is 2. The molecule has 0 unspecified atom stereocenters. The number of hydrogen-bond donors (Lipinski definition) is 2. The minimum atomic E-state index is -0.298. The number of nitrogens with one attached hydrogen (secondary N) is 1. The Bertz CT molecular complexity index is 1100. The molecule has 1 aliphatic rings. The predicted octanol–water partition coefficient (Wildman–Crippen LogP) is 3.32. The quantitative estimate of drug-likeness (QED) is 0.733. The van der Waals surface area contributed by atoms with Crippen molar-refractivity contribution in [3.05, 3.63) is 81.8 Å². The maximum atomic E-state index is 12.8. The van der Waals surface area contributed by atoms with Crippen molar-refractivity contribution < 1.29 is 4.79 Å². The molecule has 0 fully saturated rings. The van der Waals surface area contributed by atoms with E-state index >= 15 is 0 Å². The first-order valence-electron chi connectivity index (χ1n) is 8.13. The molecule has 0 atom stereocenters. The Hall–Kier alpha value is -3.23. The minimum Gasteiger partial charge on any atom is -0.384 e. The lowest BCUT2D eigenvalue weighted by atomic mass is 10.0. The molecule has 26 heavy (non-hydrogen) atoms. The van der Waals surface area contributed by atoms with E-state index in [0.29, 0.717) is 29.3 Å². The van der Waals surface area contributed by atoms with Gasteiger partial charge in [0.1, 0.15) is 11.5 Å². The molecule has 5 nitrogen and oxygen atoms in total. The summed E-state index contributed by atoms with van der Waals surface area (Å²) in [5, 5.41) is 13.6. The highest BCUT2D eigenvalue weighted by Crippen LogP contribution is 2.31. The summed E-state index contributed by atoms with van der Waals surface area (Å²) in [5.41, 5.74) is 9.58. The monoisotopic (exact) mass is 362 g/mol. The highest BCUT2D eigenvalue weighted by molar-refractivity contribution is 6.30. The molecule has 1 aliphatic heterocycles. The number of allylic oxidation sites excluding steroid dienone is 1. The van der Waals surface area contributed by atoms with Gasteiger partial charge in [-0.2, -0.15) is 5.26 Å². The molecule has 3 N–H and O–H groups in total. The van der Waals surface area contributed by atoms with E-state index in [4.69, 9.17) is 17.3 Å². The number of hydrogen-bond acceptors (Lipinski definition) is 3. The molecule has 4 rings (SSSR count). The molecule has 0 bridgehead atoms. The Morgan fingerprint density at radius 3 is 2.65 bits per heavy atom. The molecule has 128 valence electrons. The molecule has 3 aromatic rings. The van der Waals surface area contributed by atoms with E-state index in [0.717, 1.165) is 22.0 Å². The molecule has 0 radical (unpaired) electrons. The van der Waals surface area contributed by atoms with Crippen molar-refractivity contribution in [3.63, 3.8) is 0 Å². The van der Waals surface area contributed by atoms with Crippen LogP contribution < -0.4 is 11.1 Å². The van der Waals surface area contributed by atoms with Crippen LogP contribution in [0.25, 0.3) is 10.9 Å². The third-order valence-corrected chi connectivity index (χ3v) is 4.86. The Balaban J connectivity index is 1.93. The summed E-state index contributed by atoms with van der Waals surface area (Å²) in [5.74, 6) is -0.177. The first-order chi connectivity index (χ1) is 12.6. The zero-order valence-corrected chi connectivity index (χ0v) is 14.5. The maximum Gasteiger partial charge on any atom is 0.273 e. The van der Waals surface area contributed by atoms with Gasteiger partial charge in [0, 0.05) is 28.9 Å². The number of rotatable bonds is 2. The van der Waals surface area contributed by atoms with E-state index in [1.807, 2.05) is 53.1 Å². The summed E-state index contributed by atoms with van der Waals surface area (Å²) < 4.78 is 1.97. The van der Waals surface area contributed by atoms with Gasteiger partial charge in [-0.15, -0.1) is 0 Å². The van der Waals surface area contributed by atoms with Crippen molar-refractivity contribution in [2.45, 2.75) is 13.0 Å². The van der Waals surface area contributed by atoms with Crippen LogP contribution in [0.2, 0.25) is 5.02 Å². The molecule has 1 amide bonds. The second kappa shape index (κ2) is 6.25. The van der Waals surface area contributed by atoms with Crippen LogP contribution in [-0.4, -0.2) is 10.5 Å². The molecule has 0 saturated heterocycles. The molecular weight excluding hydrogens is 348 g/mol. The van der Waals surface area contributed by atoms with Crippen molar-refractivity contribution in [1.82, 2.24) is 9.88 Å². The van der Waals surface area contributed by atoms with E-state index in [1.165, 1.54) is 0 Å². The maximum absolute atomic E-state index is 12.8. The normalized spacial score (nSPS) is 13.9. The summed E-state index contributed by atoms with van der Waals surface area (Å²) in [6, 6.07) is 17.4. The number of para-hydroxylation sites is 1. The molecule has 2 heterocycles. The van der Waals surface area contributed by atoms with Gasteiger partial charge in [-0.1, -0.05) is 41.9 Å². The minimum absolute atomic E-state index is 0.121. The fraction of sp³-hybridized carbons (Fsp3) is 0.100. The van der Waals surface area contributed by atoms with Crippen LogP contribution in [0.5, 0.6) is 0 Å². The van der Waals surface area contributed by atoms with Gasteiger partial charge in [0.2, 0.25) is 0 Å². The summed E-state index contributed by atoms with van der Waals surface area (Å²) in [6.07, 6.45) is 0.324. The van der Waals surface area contributed by atoms with Gasteiger partial charge in [0.05, 0.1) is 11.6 Å². The lowest BCUT2D eigenvalue weighted by Crippen LogP contribution is -2.29. The van der Waals surface area contributed by atoms with Crippen LogP contribution in [0.3, 0.4) is 0 Å². The predicted molar refractivity (Wildman–Crippen MR) is 100 cm³/mol. The highest BCUT2D eigenvalue weighted by atomic mass is 35.5. The number of aromatic nitrogens is 1. The van der Waals surface area contributed by atoms with Crippen LogP contribution in [0.15, 0.2) is 59.9 Å². The van der Waals surface area contributed by atoms with Crippen LogP contribution in [0.4, 0.5) is 0 Å². The van der Waals surface area contributed by atoms with Gasteiger partial charge in [-0.05, 0) is 29.3 Å². The second-order valence-electron chi connectivity index (χ2n) is 6.19. The van der Waals surface area contributed by atoms with Gasteiger partial charge < -0.3 is 15.6 Å². The Labute approximate surface area is 155 Å². The summed E-state index contributed by atoms with van der Waals surface area (Å²) in [4.78, 5) is 12.8. The highest BCUT2D eigenvalue weighted by Gasteiger charge is 2.27. The first kappa shape index (κ1) is 16.2. The second-order valence-corrected chi connectivity index (χ2v) is 6.63. The molecular formula is C20H15ClN4O. The summed E-state index contributed by atoms with van der Waals surface area (Å²) >= 11 is 5.98. The molecule has 2 aromatic carbocycles. The number of amides is 1. The number of nitrogens with zero attached hydrogens (tertiary/aromatic N) is 2. The molecule has 6 heteroatoms. The molecule has 0 saturated carbocycles. The van der Waals surface area contributed by atoms with Gasteiger partial charge in [0.15, 0.2) is 0 Å². The summed E-state index contributed by atoms with van der Waals surface area (Å²) in [7, 11) is 0. The summed E-state index contributed by atoms with van der Waals surface area (Å²) in [6.45, 7) is 0.516. The van der Waals surface area contributed by atoms with E-state index < -0.39 is 0 Å².